The molecule has 5 nitrogen and oxygen atoms in total. The number of amides is 1. The molecule has 1 rings (SSSR count). The maximum atomic E-state index is 12.2. The van der Waals surface area contributed by atoms with Crippen molar-refractivity contribution in [2.75, 3.05) is 54.4 Å². The number of ether oxygens (including phenoxy) is 1. The van der Waals surface area contributed by atoms with Gasteiger partial charge < -0.3 is 14.5 Å². The molecule has 0 bridgehead atoms. The van der Waals surface area contributed by atoms with Crippen LogP contribution in [0.3, 0.4) is 0 Å². The quantitative estimate of drug-likeness (QED) is 0.564. The minimum Gasteiger partial charge on any atom is -0.494 e. The van der Waals surface area contributed by atoms with Gasteiger partial charge in [0.25, 0.3) is 0 Å². The summed E-state index contributed by atoms with van der Waals surface area (Å²) >= 11 is 0. The van der Waals surface area contributed by atoms with Crippen LogP contribution in [-0.4, -0.2) is 75.0 Å². The highest BCUT2D eigenvalue weighted by Crippen LogP contribution is 2.14. The number of nitrogens with zero attached hydrogens (tertiary/aromatic N) is 3. The molecule has 0 radical (unpaired) electrons. The van der Waals surface area contributed by atoms with Gasteiger partial charge in [0.05, 0.1) is 13.2 Å². The van der Waals surface area contributed by atoms with Gasteiger partial charge in [-0.1, -0.05) is 32.9 Å². The molecule has 0 N–H and O–H groups in total. The van der Waals surface area contributed by atoms with Crippen LogP contribution in [0.25, 0.3) is 0 Å². The van der Waals surface area contributed by atoms with Gasteiger partial charge in [-0.3, -0.25) is 9.69 Å². The molecule has 0 aliphatic carbocycles. The number of likely N-dealkylation sites (N-methyl/N-ethyl adjacent to an activating group) is 2. The fourth-order valence-corrected chi connectivity index (χ4v) is 2.44. The maximum Gasteiger partial charge on any atom is 0.236 e. The fourth-order valence-electron chi connectivity index (χ4n) is 2.44. The lowest BCUT2D eigenvalue weighted by Gasteiger charge is -2.21. The Bertz CT molecular complexity index is 475. The molecule has 0 aliphatic rings. The second-order valence-corrected chi connectivity index (χ2v) is 6.64. The van der Waals surface area contributed by atoms with E-state index in [9.17, 15) is 4.79 Å². The zero-order chi connectivity index (χ0) is 19.9. The molecule has 0 unspecified atom stereocenters. The van der Waals surface area contributed by atoms with E-state index >= 15 is 0 Å². The molecule has 0 spiro atoms. The van der Waals surface area contributed by atoms with Crippen LogP contribution in [0.4, 0.5) is 0 Å². The summed E-state index contributed by atoms with van der Waals surface area (Å²) in [5, 5.41) is 0. The molecule has 1 aromatic rings. The Kier molecular flexibility index (Phi) is 13.7. The van der Waals surface area contributed by atoms with Crippen molar-refractivity contribution in [2.45, 2.75) is 40.2 Å². The van der Waals surface area contributed by atoms with Gasteiger partial charge in [-0.25, -0.2) is 0 Å². The first-order valence-corrected chi connectivity index (χ1v) is 9.71. The smallest absolute Gasteiger partial charge is 0.236 e. The lowest BCUT2D eigenvalue weighted by Crippen LogP contribution is -2.36. The van der Waals surface area contributed by atoms with Crippen LogP contribution in [-0.2, 0) is 11.3 Å². The van der Waals surface area contributed by atoms with Gasteiger partial charge in [0.15, 0.2) is 0 Å². The first-order chi connectivity index (χ1) is 12.4. The number of benzene rings is 1. The molecule has 0 fully saturated rings. The van der Waals surface area contributed by atoms with Gasteiger partial charge in [0, 0.05) is 20.1 Å². The Hall–Kier alpha value is -1.59. The Morgan fingerprint density at radius 3 is 2.15 bits per heavy atom. The van der Waals surface area contributed by atoms with Crippen LogP contribution < -0.4 is 4.74 Å². The van der Waals surface area contributed by atoms with E-state index in [1.165, 1.54) is 0 Å². The van der Waals surface area contributed by atoms with E-state index in [1.807, 2.05) is 52.2 Å². The van der Waals surface area contributed by atoms with Crippen LogP contribution in [0, 0.1) is 0 Å². The van der Waals surface area contributed by atoms with Gasteiger partial charge in [-0.15, -0.1) is 0 Å². The highest BCUT2D eigenvalue weighted by molar-refractivity contribution is 5.77. The number of hydrogen-bond acceptors (Lipinski definition) is 4. The van der Waals surface area contributed by atoms with Gasteiger partial charge in [-0.05, 0) is 58.2 Å². The summed E-state index contributed by atoms with van der Waals surface area (Å²) in [5.74, 6) is 1.03. The van der Waals surface area contributed by atoms with Gasteiger partial charge >= 0.3 is 0 Å². The fraction of sp³-hybridized carbons (Fsp3) is 0.667. The highest BCUT2D eigenvalue weighted by Gasteiger charge is 2.11. The second-order valence-electron chi connectivity index (χ2n) is 6.64. The summed E-state index contributed by atoms with van der Waals surface area (Å²) in [6.07, 6.45) is 2.07. The summed E-state index contributed by atoms with van der Waals surface area (Å²) in [6, 6.07) is 8.01. The van der Waals surface area contributed by atoms with E-state index in [0.29, 0.717) is 13.1 Å². The molecular formula is C21H39N3O2. The van der Waals surface area contributed by atoms with Gasteiger partial charge in [-0.2, -0.15) is 0 Å². The number of hydrogen-bond donors (Lipinski definition) is 0. The van der Waals surface area contributed by atoms with E-state index in [-0.39, 0.29) is 5.91 Å². The standard InChI is InChI=1S/C19H33N3O2.C2H6/c1-6-12-21(4)16-19(23)22(5)15-17-8-10-18(11-9-17)24-14-7-13-20(2)3;1-2/h8-11H,6-7,12-16H2,1-5H3;1-2H3. The molecule has 0 saturated heterocycles. The van der Waals surface area contributed by atoms with Crippen molar-refractivity contribution < 1.29 is 9.53 Å². The summed E-state index contributed by atoms with van der Waals surface area (Å²) in [6.45, 7) is 9.91. The summed E-state index contributed by atoms with van der Waals surface area (Å²) < 4.78 is 5.73. The van der Waals surface area contributed by atoms with Gasteiger partial charge in [0.1, 0.15) is 5.75 Å². The minimum atomic E-state index is 0.148. The summed E-state index contributed by atoms with van der Waals surface area (Å²) in [7, 11) is 7.96. The van der Waals surface area contributed by atoms with Crippen LogP contribution in [0.1, 0.15) is 39.2 Å². The largest absolute Gasteiger partial charge is 0.494 e. The van der Waals surface area contributed by atoms with Crippen molar-refractivity contribution in [3.8, 4) is 5.75 Å². The Morgan fingerprint density at radius 2 is 1.62 bits per heavy atom. The molecule has 1 aromatic carbocycles. The predicted octanol–water partition coefficient (Wildman–Crippen LogP) is 3.34. The topological polar surface area (TPSA) is 36.0 Å². The maximum absolute atomic E-state index is 12.2. The molecule has 0 heterocycles. The number of carbonyl (C=O) groups is 1. The predicted molar refractivity (Wildman–Crippen MR) is 111 cm³/mol. The second kappa shape index (κ2) is 14.6. The summed E-state index contributed by atoms with van der Waals surface area (Å²) in [4.78, 5) is 18.2. The van der Waals surface area contributed by atoms with E-state index in [0.717, 1.165) is 43.9 Å². The van der Waals surface area contributed by atoms with Gasteiger partial charge in [0.2, 0.25) is 5.91 Å². The third kappa shape index (κ3) is 11.1. The van der Waals surface area contributed by atoms with E-state index < -0.39 is 0 Å². The molecule has 1 amide bonds. The Balaban J connectivity index is 0.00000301. The van der Waals surface area contributed by atoms with Crippen molar-refractivity contribution in [1.82, 2.24) is 14.7 Å². The van der Waals surface area contributed by atoms with E-state index in [4.69, 9.17) is 4.74 Å². The first kappa shape index (κ1) is 24.4. The van der Waals surface area contributed by atoms with Crippen molar-refractivity contribution >= 4 is 5.91 Å². The van der Waals surface area contributed by atoms with Crippen LogP contribution >= 0.6 is 0 Å². The molecular weight excluding hydrogens is 326 g/mol. The lowest BCUT2D eigenvalue weighted by atomic mass is 10.2. The average molecular weight is 366 g/mol. The molecule has 0 aromatic heterocycles. The van der Waals surface area contributed by atoms with Crippen molar-refractivity contribution in [1.29, 1.82) is 0 Å². The van der Waals surface area contributed by atoms with Crippen LogP contribution in [0.5, 0.6) is 5.75 Å². The molecule has 0 saturated carbocycles. The highest BCUT2D eigenvalue weighted by atomic mass is 16.5. The van der Waals surface area contributed by atoms with E-state index in [1.54, 1.807) is 4.90 Å². The van der Waals surface area contributed by atoms with Crippen LogP contribution in [0.15, 0.2) is 24.3 Å². The molecule has 26 heavy (non-hydrogen) atoms. The third-order valence-electron chi connectivity index (χ3n) is 3.80. The zero-order valence-electron chi connectivity index (χ0n) is 17.9. The average Bonchev–Trinajstić information content (AvgIpc) is 2.61. The Morgan fingerprint density at radius 1 is 1.00 bits per heavy atom. The molecule has 150 valence electrons. The molecule has 0 atom stereocenters. The van der Waals surface area contributed by atoms with E-state index in [2.05, 4.69) is 30.8 Å². The first-order valence-electron chi connectivity index (χ1n) is 9.71. The zero-order valence-corrected chi connectivity index (χ0v) is 17.9. The number of carbonyl (C=O) groups excluding carboxylic acids is 1. The van der Waals surface area contributed by atoms with Crippen molar-refractivity contribution in [2.24, 2.45) is 0 Å². The summed E-state index contributed by atoms with van der Waals surface area (Å²) in [5.41, 5.74) is 1.12. The normalized spacial score (nSPS) is 10.5. The molecule has 0 aliphatic heterocycles. The lowest BCUT2D eigenvalue weighted by molar-refractivity contribution is -0.131. The van der Waals surface area contributed by atoms with Crippen molar-refractivity contribution in [3.05, 3.63) is 29.8 Å². The SMILES string of the molecule is CC.CCCN(C)CC(=O)N(C)Cc1ccc(OCCCN(C)C)cc1. The third-order valence-corrected chi connectivity index (χ3v) is 3.80. The monoisotopic (exact) mass is 365 g/mol. The minimum absolute atomic E-state index is 0.148. The van der Waals surface area contributed by atoms with Crippen LogP contribution in [0.2, 0.25) is 0 Å². The molecule has 5 heteroatoms. The number of rotatable bonds is 11. The van der Waals surface area contributed by atoms with Crippen molar-refractivity contribution in [3.63, 3.8) is 0 Å². The Labute approximate surface area is 160 Å².